The van der Waals surface area contributed by atoms with Crippen molar-refractivity contribution in [1.29, 1.82) is 0 Å². The first-order chi connectivity index (χ1) is 21.2. The minimum Gasteiger partial charge on any atom is -0.504 e. The van der Waals surface area contributed by atoms with Crippen molar-refractivity contribution in [1.82, 2.24) is 0 Å². The summed E-state index contributed by atoms with van der Waals surface area (Å²) in [5.74, 6) is -1.95. The van der Waals surface area contributed by atoms with E-state index in [1.807, 2.05) is 0 Å². The number of ether oxygens (including phenoxy) is 6. The number of benzene rings is 1. The quantitative estimate of drug-likeness (QED) is 0.0678. The lowest BCUT2D eigenvalue weighted by atomic mass is 9.96. The van der Waals surface area contributed by atoms with Gasteiger partial charge in [-0.25, -0.2) is 4.79 Å². The third-order valence-electron chi connectivity index (χ3n) is 7.67. The van der Waals surface area contributed by atoms with E-state index in [1.165, 1.54) is 25.1 Å². The highest BCUT2D eigenvalue weighted by molar-refractivity contribution is 5.87. The van der Waals surface area contributed by atoms with Gasteiger partial charge >= 0.3 is 5.97 Å². The van der Waals surface area contributed by atoms with Gasteiger partial charge in [-0.2, -0.15) is 0 Å². The van der Waals surface area contributed by atoms with Crippen molar-refractivity contribution < 1.29 is 89.4 Å². The summed E-state index contributed by atoms with van der Waals surface area (Å²) in [6, 6.07) is 3.69. The molecule has 3 heterocycles. The zero-order chi connectivity index (χ0) is 33.2. The van der Waals surface area contributed by atoms with Crippen LogP contribution >= 0.6 is 0 Å². The maximum atomic E-state index is 12.9. The van der Waals surface area contributed by atoms with Crippen LogP contribution in [-0.4, -0.2) is 167 Å². The Morgan fingerprint density at radius 3 is 2.11 bits per heavy atom. The molecule has 254 valence electrons. The Morgan fingerprint density at radius 1 is 0.778 bits per heavy atom. The highest BCUT2D eigenvalue weighted by atomic mass is 16.7. The largest absolute Gasteiger partial charge is 0.504 e. The van der Waals surface area contributed by atoms with E-state index in [9.17, 15) is 61.0 Å². The third kappa shape index (κ3) is 7.89. The van der Waals surface area contributed by atoms with E-state index in [0.717, 1.165) is 12.1 Å². The van der Waals surface area contributed by atoms with Crippen LogP contribution in [0.15, 0.2) is 24.3 Å². The van der Waals surface area contributed by atoms with Gasteiger partial charge in [0, 0.05) is 6.08 Å². The molecule has 15 atom stereocenters. The van der Waals surface area contributed by atoms with E-state index >= 15 is 0 Å². The number of aromatic hydroxyl groups is 2. The number of phenolic OH excluding ortho intramolecular Hbond substituents is 2. The Hall–Kier alpha value is -2.53. The van der Waals surface area contributed by atoms with Gasteiger partial charge in [0.15, 0.2) is 36.5 Å². The highest BCUT2D eigenvalue weighted by Gasteiger charge is 2.52. The molecule has 3 aliphatic rings. The summed E-state index contributed by atoms with van der Waals surface area (Å²) in [4.78, 5) is 12.9. The lowest BCUT2D eigenvalue weighted by molar-refractivity contribution is -0.359. The molecule has 1 aromatic rings. The Bertz CT molecular complexity index is 1160. The first-order valence-corrected chi connectivity index (χ1v) is 13.9. The predicted octanol–water partition coefficient (Wildman–Crippen LogP) is -4.87. The average molecular weight is 651 g/mol. The standard InChI is InChI=1S/C27H38O18/c1-9-16(32)18(34)21(37)27(41-9)45-24-22(38)25(39)42-14(8-40-26-20(36)19(35)17(33)13(7-28)43-26)23(24)44-15(31)5-3-10-2-4-11(29)12(30)6-10/h2-6,9,13-14,16-30,32-39H,7-8H2,1H3. The summed E-state index contributed by atoms with van der Waals surface area (Å²) in [5, 5.41) is 111. The fraction of sp³-hybridized carbons (Fsp3) is 0.667. The normalized spacial score (nSPS) is 42.5. The van der Waals surface area contributed by atoms with Crippen molar-refractivity contribution in [2.24, 2.45) is 0 Å². The number of aliphatic hydroxyl groups is 9. The van der Waals surface area contributed by atoms with Crippen LogP contribution in [0.1, 0.15) is 12.5 Å². The Labute approximate surface area is 255 Å². The van der Waals surface area contributed by atoms with Crippen molar-refractivity contribution in [3.63, 3.8) is 0 Å². The van der Waals surface area contributed by atoms with Gasteiger partial charge in [0.05, 0.1) is 19.3 Å². The van der Waals surface area contributed by atoms with Crippen molar-refractivity contribution in [3.8, 4) is 11.5 Å². The van der Waals surface area contributed by atoms with Crippen molar-refractivity contribution >= 4 is 12.0 Å². The van der Waals surface area contributed by atoms with Gasteiger partial charge in [0.1, 0.15) is 61.0 Å². The summed E-state index contributed by atoms with van der Waals surface area (Å²) in [6.45, 7) is -0.0722. The molecule has 1 aromatic carbocycles. The molecule has 0 aliphatic carbocycles. The topological polar surface area (TPSA) is 295 Å². The van der Waals surface area contributed by atoms with Crippen LogP contribution in [0.3, 0.4) is 0 Å². The zero-order valence-corrected chi connectivity index (χ0v) is 23.7. The molecule has 18 heteroatoms. The van der Waals surface area contributed by atoms with Crippen molar-refractivity contribution in [3.05, 3.63) is 29.8 Å². The summed E-state index contributed by atoms with van der Waals surface area (Å²) < 4.78 is 32.8. The second kappa shape index (κ2) is 14.9. The average Bonchev–Trinajstić information content (AvgIpc) is 3.01. The van der Waals surface area contributed by atoms with Crippen molar-refractivity contribution in [2.75, 3.05) is 13.2 Å². The molecule has 3 saturated heterocycles. The van der Waals surface area contributed by atoms with Gasteiger partial charge < -0.3 is 84.6 Å². The van der Waals surface area contributed by atoms with Crippen LogP contribution in [0.25, 0.3) is 6.08 Å². The Balaban J connectivity index is 1.57. The SMILES string of the molecule is CC1OC(OC2C(O)C(O)OC(COC3OC(CO)C(O)C(O)C3O)C2OC(=O)C=Cc2ccc(O)c(O)c2)C(O)C(O)C1O. The van der Waals surface area contributed by atoms with E-state index in [0.29, 0.717) is 0 Å². The van der Waals surface area contributed by atoms with Crippen LogP contribution in [0.5, 0.6) is 11.5 Å². The fourth-order valence-corrected chi connectivity index (χ4v) is 5.00. The van der Waals surface area contributed by atoms with Gasteiger partial charge in [0.2, 0.25) is 0 Å². The fourth-order valence-electron chi connectivity index (χ4n) is 5.00. The number of rotatable bonds is 9. The van der Waals surface area contributed by atoms with Gasteiger partial charge in [0.25, 0.3) is 0 Å². The van der Waals surface area contributed by atoms with Crippen LogP contribution in [-0.2, 0) is 33.2 Å². The summed E-state index contributed by atoms with van der Waals surface area (Å²) in [5.41, 5.74) is 0.271. The molecule has 0 aromatic heterocycles. The van der Waals surface area contributed by atoms with E-state index in [-0.39, 0.29) is 5.56 Å². The molecule has 11 N–H and O–H groups in total. The Morgan fingerprint density at radius 2 is 1.44 bits per heavy atom. The number of carbonyl (C=O) groups excluding carboxylic acids is 1. The minimum absolute atomic E-state index is 0.271. The van der Waals surface area contributed by atoms with E-state index in [1.54, 1.807) is 0 Å². The molecule has 18 nitrogen and oxygen atoms in total. The molecule has 15 unspecified atom stereocenters. The molecule has 4 rings (SSSR count). The smallest absolute Gasteiger partial charge is 0.331 e. The molecule has 3 fully saturated rings. The number of carbonyl (C=O) groups is 1. The minimum atomic E-state index is -2.02. The predicted molar refractivity (Wildman–Crippen MR) is 143 cm³/mol. The number of hydrogen-bond donors (Lipinski definition) is 11. The molecule has 0 bridgehead atoms. The van der Waals surface area contributed by atoms with E-state index in [2.05, 4.69) is 0 Å². The van der Waals surface area contributed by atoms with Crippen LogP contribution in [0.2, 0.25) is 0 Å². The first-order valence-electron chi connectivity index (χ1n) is 13.9. The Kier molecular flexibility index (Phi) is 11.7. The molecule has 0 spiro atoms. The monoisotopic (exact) mass is 650 g/mol. The van der Waals surface area contributed by atoms with Gasteiger partial charge in [-0.05, 0) is 30.7 Å². The van der Waals surface area contributed by atoms with E-state index in [4.69, 9.17) is 28.4 Å². The maximum absolute atomic E-state index is 12.9. The number of esters is 1. The molecule has 0 saturated carbocycles. The summed E-state index contributed by atoms with van der Waals surface area (Å²) in [7, 11) is 0. The van der Waals surface area contributed by atoms with E-state index < -0.39 is 123 Å². The molecule has 0 radical (unpaired) electrons. The molecule has 45 heavy (non-hydrogen) atoms. The summed E-state index contributed by atoms with van der Waals surface area (Å²) >= 11 is 0. The lowest BCUT2D eigenvalue weighted by Crippen LogP contribution is -2.65. The van der Waals surface area contributed by atoms with Crippen LogP contribution in [0, 0.1) is 0 Å². The number of aliphatic hydroxyl groups excluding tert-OH is 9. The third-order valence-corrected chi connectivity index (χ3v) is 7.67. The van der Waals surface area contributed by atoms with Gasteiger partial charge in [-0.15, -0.1) is 0 Å². The lowest BCUT2D eigenvalue weighted by Gasteiger charge is -2.46. The second-order valence-electron chi connectivity index (χ2n) is 10.9. The first kappa shape index (κ1) is 35.3. The zero-order valence-electron chi connectivity index (χ0n) is 23.7. The maximum Gasteiger partial charge on any atom is 0.331 e. The number of hydrogen-bond acceptors (Lipinski definition) is 18. The second-order valence-corrected chi connectivity index (χ2v) is 10.9. The van der Waals surface area contributed by atoms with Gasteiger partial charge in [-0.1, -0.05) is 6.07 Å². The van der Waals surface area contributed by atoms with Crippen LogP contribution < -0.4 is 0 Å². The van der Waals surface area contributed by atoms with Crippen LogP contribution in [0.4, 0.5) is 0 Å². The molecule has 3 aliphatic heterocycles. The summed E-state index contributed by atoms with van der Waals surface area (Å²) in [6.07, 6.45) is -23.0. The number of phenols is 2. The molecule has 0 amide bonds. The highest BCUT2D eigenvalue weighted by Crippen LogP contribution is 2.32. The molecular formula is C27H38O18. The molecular weight excluding hydrogens is 612 g/mol. The van der Waals surface area contributed by atoms with Gasteiger partial charge in [-0.3, -0.25) is 0 Å². The van der Waals surface area contributed by atoms with Crippen molar-refractivity contribution in [2.45, 2.75) is 99.0 Å².